The molecule has 0 spiro atoms. The van der Waals surface area contributed by atoms with Crippen molar-refractivity contribution in [2.45, 2.75) is 38.7 Å². The standard InChI is InChI=1S/C26H28F2N4OSi/c1-18-22(19-8-4-3-5-9-19)17-30-24(32-14-7-12-26(27,28)13-15-32)23(18)25(33)31-20-10-6-11-21(16-20)34(2)29/h3-6,8-11,16-17,29H,7,12-15H2,1-2H3,(H,31,33). The van der Waals surface area contributed by atoms with Gasteiger partial charge in [-0.05, 0) is 48.3 Å². The second-order valence-electron chi connectivity index (χ2n) is 8.72. The Morgan fingerprint density at radius 2 is 1.88 bits per heavy atom. The number of pyridine rings is 1. The van der Waals surface area contributed by atoms with Gasteiger partial charge < -0.3 is 15.3 Å². The molecule has 2 heterocycles. The highest BCUT2D eigenvalue weighted by atomic mass is 28.2. The number of nitrogens with zero attached hydrogens (tertiary/aromatic N) is 2. The first-order chi connectivity index (χ1) is 16.2. The minimum atomic E-state index is -2.70. The van der Waals surface area contributed by atoms with Crippen LogP contribution in [0.4, 0.5) is 20.3 Å². The summed E-state index contributed by atoms with van der Waals surface area (Å²) in [4.78, 5) is 20.1. The summed E-state index contributed by atoms with van der Waals surface area (Å²) in [6.45, 7) is 4.31. The van der Waals surface area contributed by atoms with Crippen molar-refractivity contribution in [1.29, 1.82) is 5.05 Å². The third-order valence-corrected chi connectivity index (χ3v) is 7.38. The minimum absolute atomic E-state index is 0.139. The lowest BCUT2D eigenvalue weighted by Crippen LogP contribution is -2.30. The Hall–Kier alpha value is -3.26. The maximum Gasteiger partial charge on any atom is 0.259 e. The molecule has 0 bridgehead atoms. The van der Waals surface area contributed by atoms with E-state index in [2.05, 4.69) is 10.3 Å². The number of anilines is 2. The van der Waals surface area contributed by atoms with Crippen LogP contribution >= 0.6 is 0 Å². The number of nitrogens with one attached hydrogen (secondary N) is 2. The third kappa shape index (κ3) is 5.28. The van der Waals surface area contributed by atoms with Crippen LogP contribution < -0.4 is 15.4 Å². The van der Waals surface area contributed by atoms with E-state index in [0.717, 1.165) is 21.9 Å². The molecule has 0 aliphatic carbocycles. The molecule has 0 unspecified atom stereocenters. The molecular weight excluding hydrogens is 450 g/mol. The summed E-state index contributed by atoms with van der Waals surface area (Å²) in [5.41, 5.74) is 3.52. The zero-order valence-electron chi connectivity index (χ0n) is 19.4. The number of hydrogen-bond donors (Lipinski definition) is 2. The second kappa shape index (κ2) is 9.93. The average Bonchev–Trinajstić information content (AvgIpc) is 2.99. The van der Waals surface area contributed by atoms with Crippen LogP contribution in [0.25, 0.3) is 11.1 Å². The van der Waals surface area contributed by atoms with Crippen LogP contribution in [0.1, 0.15) is 35.2 Å². The molecule has 0 saturated carbocycles. The lowest BCUT2D eigenvalue weighted by atomic mass is 9.97. The van der Waals surface area contributed by atoms with Crippen LogP contribution in [-0.4, -0.2) is 38.5 Å². The van der Waals surface area contributed by atoms with Crippen LogP contribution in [0, 0.1) is 12.0 Å². The van der Waals surface area contributed by atoms with E-state index in [4.69, 9.17) is 5.05 Å². The fourth-order valence-corrected chi connectivity index (χ4v) is 5.03. The van der Waals surface area contributed by atoms with Gasteiger partial charge in [-0.25, -0.2) is 13.8 Å². The van der Waals surface area contributed by atoms with Crippen molar-refractivity contribution in [3.05, 3.63) is 71.9 Å². The molecule has 1 amide bonds. The molecule has 34 heavy (non-hydrogen) atoms. The van der Waals surface area contributed by atoms with E-state index in [1.165, 1.54) is 0 Å². The number of halogens is 2. The van der Waals surface area contributed by atoms with Gasteiger partial charge in [0.15, 0.2) is 0 Å². The summed E-state index contributed by atoms with van der Waals surface area (Å²) in [5.74, 6) is -2.60. The van der Waals surface area contributed by atoms with Gasteiger partial charge in [-0.2, -0.15) is 0 Å². The highest BCUT2D eigenvalue weighted by Gasteiger charge is 2.33. The van der Waals surface area contributed by atoms with Gasteiger partial charge in [-0.15, -0.1) is 0 Å². The molecule has 1 saturated heterocycles. The van der Waals surface area contributed by atoms with E-state index in [1.807, 2.05) is 66.9 Å². The van der Waals surface area contributed by atoms with Crippen molar-refractivity contribution in [2.24, 2.45) is 0 Å². The van der Waals surface area contributed by atoms with Crippen molar-refractivity contribution in [3.8, 4) is 11.1 Å². The van der Waals surface area contributed by atoms with E-state index in [-0.39, 0.29) is 25.3 Å². The molecule has 3 aromatic rings. The second-order valence-corrected chi connectivity index (χ2v) is 10.5. The zero-order chi connectivity index (χ0) is 24.3. The van der Waals surface area contributed by atoms with E-state index in [9.17, 15) is 13.6 Å². The quantitative estimate of drug-likeness (QED) is 0.468. The molecule has 2 aromatic carbocycles. The number of aromatic nitrogens is 1. The number of carbonyl (C=O) groups is 1. The molecule has 1 aliphatic rings. The predicted molar refractivity (Wildman–Crippen MR) is 134 cm³/mol. The maximum absolute atomic E-state index is 14.0. The van der Waals surface area contributed by atoms with Gasteiger partial charge in [0.05, 0.1) is 5.56 Å². The average molecular weight is 479 g/mol. The van der Waals surface area contributed by atoms with Gasteiger partial charge in [0, 0.05) is 43.4 Å². The van der Waals surface area contributed by atoms with Crippen LogP contribution in [-0.2, 0) is 0 Å². The lowest BCUT2D eigenvalue weighted by Gasteiger charge is -2.26. The number of benzene rings is 2. The Labute approximate surface area is 200 Å². The summed E-state index contributed by atoms with van der Waals surface area (Å²) in [6.07, 6.45) is 1.64. The van der Waals surface area contributed by atoms with Crippen LogP contribution in [0.5, 0.6) is 0 Å². The van der Waals surface area contributed by atoms with E-state index in [1.54, 1.807) is 12.3 Å². The highest BCUT2D eigenvalue weighted by molar-refractivity contribution is 6.59. The fourth-order valence-electron chi connectivity index (χ4n) is 4.31. The Morgan fingerprint density at radius 3 is 2.62 bits per heavy atom. The SMILES string of the molecule is Cc1c(-c2ccccc2)cnc(N2CCCC(F)(F)CC2)c1C(=O)Nc1cccc([Si](C)=N)c1. The summed E-state index contributed by atoms with van der Waals surface area (Å²) >= 11 is 0. The summed E-state index contributed by atoms with van der Waals surface area (Å²) in [7, 11) is -1.42. The van der Waals surface area contributed by atoms with Gasteiger partial charge in [0.2, 0.25) is 5.92 Å². The molecule has 1 fully saturated rings. The molecule has 176 valence electrons. The Morgan fingerprint density at radius 1 is 1.12 bits per heavy atom. The number of hydrogen-bond acceptors (Lipinski definition) is 4. The van der Waals surface area contributed by atoms with Crippen LogP contribution in [0.3, 0.4) is 0 Å². The summed E-state index contributed by atoms with van der Waals surface area (Å²) in [6, 6.07) is 17.0. The fraction of sp³-hybridized carbons (Fsp3) is 0.308. The Kier molecular flexibility index (Phi) is 6.97. The van der Waals surface area contributed by atoms with Crippen molar-refractivity contribution in [2.75, 3.05) is 23.3 Å². The highest BCUT2D eigenvalue weighted by Crippen LogP contribution is 2.34. The van der Waals surface area contributed by atoms with Crippen molar-refractivity contribution < 1.29 is 13.6 Å². The largest absolute Gasteiger partial charge is 0.356 e. The topological polar surface area (TPSA) is 69.1 Å². The molecular formula is C26H28F2N4OSi. The first kappa shape index (κ1) is 23.9. The third-order valence-electron chi connectivity index (χ3n) is 6.20. The zero-order valence-corrected chi connectivity index (χ0v) is 20.4. The summed E-state index contributed by atoms with van der Waals surface area (Å²) in [5, 5.41) is 11.9. The predicted octanol–water partition coefficient (Wildman–Crippen LogP) is 5.61. The molecule has 4 rings (SSSR count). The van der Waals surface area contributed by atoms with Crippen molar-refractivity contribution in [3.63, 3.8) is 0 Å². The van der Waals surface area contributed by atoms with Gasteiger partial charge in [-0.1, -0.05) is 42.5 Å². The molecule has 8 heteroatoms. The monoisotopic (exact) mass is 478 g/mol. The van der Waals surface area contributed by atoms with Crippen molar-refractivity contribution >= 4 is 31.2 Å². The number of rotatable bonds is 5. The lowest BCUT2D eigenvalue weighted by molar-refractivity contribution is -0.0102. The number of alkyl halides is 2. The van der Waals surface area contributed by atoms with Crippen LogP contribution in [0.15, 0.2) is 60.8 Å². The minimum Gasteiger partial charge on any atom is -0.356 e. The van der Waals surface area contributed by atoms with Gasteiger partial charge in [0.1, 0.15) is 14.4 Å². The number of amides is 1. The van der Waals surface area contributed by atoms with E-state index >= 15 is 0 Å². The molecule has 1 aromatic heterocycles. The molecule has 5 nitrogen and oxygen atoms in total. The van der Waals surface area contributed by atoms with E-state index < -0.39 is 14.5 Å². The van der Waals surface area contributed by atoms with Gasteiger partial charge in [-0.3, -0.25) is 4.79 Å². The first-order valence-corrected chi connectivity index (χ1v) is 13.4. The normalized spacial score (nSPS) is 15.5. The van der Waals surface area contributed by atoms with Gasteiger partial charge >= 0.3 is 0 Å². The number of carbonyl (C=O) groups excluding carboxylic acids is 1. The smallest absolute Gasteiger partial charge is 0.259 e. The van der Waals surface area contributed by atoms with Gasteiger partial charge in [0.25, 0.3) is 5.91 Å². The summed E-state index contributed by atoms with van der Waals surface area (Å²) < 4.78 is 28.1. The van der Waals surface area contributed by atoms with Crippen LogP contribution in [0.2, 0.25) is 6.55 Å². The molecule has 1 aliphatic heterocycles. The Balaban J connectivity index is 1.76. The molecule has 2 N–H and O–H groups in total. The maximum atomic E-state index is 14.0. The molecule has 0 atom stereocenters. The first-order valence-electron chi connectivity index (χ1n) is 11.4. The van der Waals surface area contributed by atoms with E-state index in [0.29, 0.717) is 30.0 Å². The van der Waals surface area contributed by atoms with Crippen molar-refractivity contribution in [1.82, 2.24) is 4.98 Å². The molecule has 0 radical (unpaired) electrons. The Bertz CT molecular complexity index is 1220.